The summed E-state index contributed by atoms with van der Waals surface area (Å²) in [5, 5.41) is 12.0. The van der Waals surface area contributed by atoms with Gasteiger partial charge in [0, 0.05) is 12.6 Å². The Morgan fingerprint density at radius 3 is 2.82 bits per heavy atom. The normalized spacial score (nSPS) is 24.4. The molecule has 0 aromatic rings. The van der Waals surface area contributed by atoms with E-state index in [4.69, 9.17) is 5.26 Å². The van der Waals surface area contributed by atoms with Crippen LogP contribution in [0.2, 0.25) is 0 Å². The Labute approximate surface area is 104 Å². The van der Waals surface area contributed by atoms with Gasteiger partial charge in [-0.15, -0.1) is 0 Å². The van der Waals surface area contributed by atoms with Crippen molar-refractivity contribution in [3.63, 3.8) is 0 Å². The van der Waals surface area contributed by atoms with Crippen molar-refractivity contribution in [2.75, 3.05) is 20.1 Å². The van der Waals surface area contributed by atoms with Crippen LogP contribution in [0.5, 0.6) is 0 Å². The fourth-order valence-electron chi connectivity index (χ4n) is 2.45. The Morgan fingerprint density at radius 2 is 2.18 bits per heavy atom. The lowest BCUT2D eigenvalue weighted by Gasteiger charge is -2.34. The summed E-state index contributed by atoms with van der Waals surface area (Å²) in [5.74, 6) is 0.157. The number of likely N-dealkylation sites (N-methyl/N-ethyl adjacent to an activating group) is 1. The van der Waals surface area contributed by atoms with Crippen molar-refractivity contribution in [2.45, 2.75) is 45.1 Å². The number of rotatable bonds is 5. The highest BCUT2D eigenvalue weighted by Crippen LogP contribution is 2.27. The molecule has 96 valence electrons. The van der Waals surface area contributed by atoms with Gasteiger partial charge in [-0.2, -0.15) is 5.26 Å². The zero-order chi connectivity index (χ0) is 12.7. The van der Waals surface area contributed by atoms with Gasteiger partial charge in [-0.25, -0.2) is 0 Å². The molecule has 0 heterocycles. The van der Waals surface area contributed by atoms with E-state index in [1.807, 2.05) is 18.9 Å². The Balaban J connectivity index is 2.42. The van der Waals surface area contributed by atoms with Gasteiger partial charge in [0.25, 0.3) is 0 Å². The topological polar surface area (TPSA) is 56.1 Å². The van der Waals surface area contributed by atoms with E-state index in [1.165, 1.54) is 6.42 Å². The minimum Gasteiger partial charge on any atom is -0.355 e. The number of nitriles is 1. The Bertz CT molecular complexity index is 285. The molecule has 0 aromatic heterocycles. The summed E-state index contributed by atoms with van der Waals surface area (Å²) >= 11 is 0. The van der Waals surface area contributed by atoms with Crippen LogP contribution in [-0.2, 0) is 4.79 Å². The standard InChI is InChI=1S/C13H23N3O/c1-3-8-15-13(17)10-16(2)12-7-5-4-6-11(12)9-14/h11-12H,3-8,10H2,1-2H3,(H,15,17). The van der Waals surface area contributed by atoms with E-state index in [1.54, 1.807) is 0 Å². The molecular formula is C13H23N3O. The van der Waals surface area contributed by atoms with E-state index in [2.05, 4.69) is 11.4 Å². The van der Waals surface area contributed by atoms with Gasteiger partial charge in [-0.1, -0.05) is 19.8 Å². The van der Waals surface area contributed by atoms with Crippen molar-refractivity contribution in [1.82, 2.24) is 10.2 Å². The third-order valence-electron chi connectivity index (χ3n) is 3.43. The van der Waals surface area contributed by atoms with Crippen LogP contribution >= 0.6 is 0 Å². The van der Waals surface area contributed by atoms with Crippen LogP contribution < -0.4 is 5.32 Å². The first-order chi connectivity index (χ1) is 8.19. The number of carbonyl (C=O) groups excluding carboxylic acids is 1. The SMILES string of the molecule is CCCNC(=O)CN(C)C1CCCCC1C#N. The minimum absolute atomic E-state index is 0.0663. The number of carbonyl (C=O) groups is 1. The summed E-state index contributed by atoms with van der Waals surface area (Å²) < 4.78 is 0. The van der Waals surface area contributed by atoms with Crippen LogP contribution in [0, 0.1) is 17.2 Å². The minimum atomic E-state index is 0.0663. The van der Waals surface area contributed by atoms with Crippen molar-refractivity contribution in [1.29, 1.82) is 5.26 Å². The number of hydrogen-bond acceptors (Lipinski definition) is 3. The molecule has 0 aromatic carbocycles. The molecule has 1 aliphatic carbocycles. The van der Waals surface area contributed by atoms with Crippen LogP contribution in [0.4, 0.5) is 0 Å². The lowest BCUT2D eigenvalue weighted by atomic mass is 9.84. The van der Waals surface area contributed by atoms with Crippen molar-refractivity contribution in [3.8, 4) is 6.07 Å². The van der Waals surface area contributed by atoms with E-state index in [-0.39, 0.29) is 17.9 Å². The van der Waals surface area contributed by atoms with Crippen molar-refractivity contribution in [3.05, 3.63) is 0 Å². The van der Waals surface area contributed by atoms with Crippen molar-refractivity contribution < 1.29 is 4.79 Å². The second-order valence-electron chi connectivity index (χ2n) is 4.85. The smallest absolute Gasteiger partial charge is 0.234 e. The van der Waals surface area contributed by atoms with Crippen LogP contribution in [0.3, 0.4) is 0 Å². The largest absolute Gasteiger partial charge is 0.355 e. The summed E-state index contributed by atoms with van der Waals surface area (Å²) in [6, 6.07) is 2.63. The molecule has 1 saturated carbocycles. The number of amides is 1. The number of nitrogens with zero attached hydrogens (tertiary/aromatic N) is 2. The van der Waals surface area contributed by atoms with E-state index >= 15 is 0 Å². The lowest BCUT2D eigenvalue weighted by Crippen LogP contribution is -2.45. The highest BCUT2D eigenvalue weighted by atomic mass is 16.2. The van der Waals surface area contributed by atoms with Gasteiger partial charge >= 0.3 is 0 Å². The first kappa shape index (κ1) is 14.0. The molecule has 2 atom stereocenters. The molecule has 1 fully saturated rings. The fraction of sp³-hybridized carbons (Fsp3) is 0.846. The second kappa shape index (κ2) is 7.29. The third-order valence-corrected chi connectivity index (χ3v) is 3.43. The van der Waals surface area contributed by atoms with Gasteiger partial charge in [0.15, 0.2) is 0 Å². The first-order valence-corrected chi connectivity index (χ1v) is 6.55. The van der Waals surface area contributed by atoms with E-state index < -0.39 is 0 Å². The van der Waals surface area contributed by atoms with Crippen LogP contribution in [0.1, 0.15) is 39.0 Å². The van der Waals surface area contributed by atoms with Crippen molar-refractivity contribution >= 4 is 5.91 Å². The number of hydrogen-bond donors (Lipinski definition) is 1. The van der Waals surface area contributed by atoms with Crippen molar-refractivity contribution in [2.24, 2.45) is 5.92 Å². The monoisotopic (exact) mass is 237 g/mol. The highest BCUT2D eigenvalue weighted by Gasteiger charge is 2.28. The Kier molecular flexibility index (Phi) is 5.99. The number of nitrogens with one attached hydrogen (secondary N) is 1. The van der Waals surface area contributed by atoms with Gasteiger partial charge in [0.05, 0.1) is 18.5 Å². The molecule has 4 nitrogen and oxygen atoms in total. The van der Waals surface area contributed by atoms with Gasteiger partial charge in [-0.3, -0.25) is 9.69 Å². The summed E-state index contributed by atoms with van der Waals surface area (Å²) in [5.41, 5.74) is 0. The maximum Gasteiger partial charge on any atom is 0.234 e. The van der Waals surface area contributed by atoms with Gasteiger partial charge < -0.3 is 5.32 Å². The van der Waals surface area contributed by atoms with E-state index in [0.717, 1.165) is 32.2 Å². The third kappa shape index (κ3) is 4.35. The molecule has 4 heteroatoms. The molecule has 0 saturated heterocycles. The van der Waals surface area contributed by atoms with Crippen LogP contribution in [0.15, 0.2) is 0 Å². The molecule has 0 radical (unpaired) electrons. The molecule has 1 aliphatic rings. The van der Waals surface area contributed by atoms with Gasteiger partial charge in [-0.05, 0) is 26.3 Å². The molecule has 17 heavy (non-hydrogen) atoms. The Morgan fingerprint density at radius 1 is 1.47 bits per heavy atom. The van der Waals surface area contributed by atoms with Crippen LogP contribution in [0.25, 0.3) is 0 Å². The van der Waals surface area contributed by atoms with E-state index in [9.17, 15) is 4.79 Å². The summed E-state index contributed by atoms with van der Waals surface area (Å²) in [7, 11) is 1.95. The molecular weight excluding hydrogens is 214 g/mol. The maximum atomic E-state index is 11.6. The average Bonchev–Trinajstić information content (AvgIpc) is 2.36. The maximum absolute atomic E-state index is 11.6. The fourth-order valence-corrected chi connectivity index (χ4v) is 2.45. The quantitative estimate of drug-likeness (QED) is 0.789. The zero-order valence-corrected chi connectivity index (χ0v) is 10.9. The molecule has 0 spiro atoms. The lowest BCUT2D eigenvalue weighted by molar-refractivity contribution is -0.122. The van der Waals surface area contributed by atoms with Crippen LogP contribution in [-0.4, -0.2) is 37.0 Å². The summed E-state index contributed by atoms with van der Waals surface area (Å²) in [4.78, 5) is 13.7. The predicted molar refractivity (Wildman–Crippen MR) is 67.3 cm³/mol. The zero-order valence-electron chi connectivity index (χ0n) is 10.9. The summed E-state index contributed by atoms with van der Waals surface area (Å²) in [6.45, 7) is 3.18. The molecule has 0 aliphatic heterocycles. The Hall–Kier alpha value is -1.08. The van der Waals surface area contributed by atoms with Gasteiger partial charge in [0.2, 0.25) is 5.91 Å². The first-order valence-electron chi connectivity index (χ1n) is 6.55. The summed E-state index contributed by atoms with van der Waals surface area (Å²) in [6.07, 6.45) is 5.28. The average molecular weight is 237 g/mol. The van der Waals surface area contributed by atoms with Gasteiger partial charge in [0.1, 0.15) is 0 Å². The van der Waals surface area contributed by atoms with E-state index in [0.29, 0.717) is 6.54 Å². The molecule has 0 bridgehead atoms. The highest BCUT2D eigenvalue weighted by molar-refractivity contribution is 5.77. The molecule has 1 rings (SSSR count). The second-order valence-corrected chi connectivity index (χ2v) is 4.85. The predicted octanol–water partition coefficient (Wildman–Crippen LogP) is 1.53. The molecule has 1 N–H and O–H groups in total. The molecule has 1 amide bonds. The molecule has 2 unspecified atom stereocenters.